The molecular weight excluding hydrogens is 238 g/mol. The molecule has 0 bridgehead atoms. The maximum absolute atomic E-state index is 9.55. The Morgan fingerprint density at radius 2 is 1.58 bits per heavy atom. The molecule has 3 aromatic rings. The molecule has 0 unspecified atom stereocenters. The van der Waals surface area contributed by atoms with Crippen LogP contribution >= 0.6 is 0 Å². The summed E-state index contributed by atoms with van der Waals surface area (Å²) in [7, 11) is 0. The Labute approximate surface area is 110 Å². The molecule has 0 amide bonds. The zero-order chi connectivity index (χ0) is 13.1. The lowest BCUT2D eigenvalue weighted by Gasteiger charge is -2.07. The minimum absolute atomic E-state index is 0.169. The van der Waals surface area contributed by atoms with Crippen LogP contribution < -0.4 is 0 Å². The van der Waals surface area contributed by atoms with Gasteiger partial charge < -0.3 is 5.11 Å². The number of rotatable bonds is 2. The van der Waals surface area contributed by atoms with Gasteiger partial charge in [0.15, 0.2) is 0 Å². The molecular formula is C15H11N3O. The standard InChI is InChI=1S/C15H11N3O/c19-11-6-9-17-14(10-11)15-12(4-3-8-18-15)13-5-1-2-7-16-13/h1-10H,(H,17,19). The van der Waals surface area contributed by atoms with Crippen LogP contribution in [0.1, 0.15) is 0 Å². The van der Waals surface area contributed by atoms with Gasteiger partial charge in [-0.1, -0.05) is 6.07 Å². The summed E-state index contributed by atoms with van der Waals surface area (Å²) >= 11 is 0. The van der Waals surface area contributed by atoms with Crippen molar-refractivity contribution in [3.05, 3.63) is 61.1 Å². The lowest BCUT2D eigenvalue weighted by atomic mass is 10.1. The molecule has 0 spiro atoms. The normalized spacial score (nSPS) is 10.3. The van der Waals surface area contributed by atoms with Gasteiger partial charge in [0, 0.05) is 30.2 Å². The van der Waals surface area contributed by atoms with Gasteiger partial charge in [-0.3, -0.25) is 15.0 Å². The molecule has 19 heavy (non-hydrogen) atoms. The minimum Gasteiger partial charge on any atom is -0.508 e. The number of nitrogens with zero attached hydrogens (tertiary/aromatic N) is 3. The van der Waals surface area contributed by atoms with Gasteiger partial charge in [0.25, 0.3) is 0 Å². The van der Waals surface area contributed by atoms with Gasteiger partial charge in [-0.2, -0.15) is 0 Å². The van der Waals surface area contributed by atoms with Crippen LogP contribution in [-0.4, -0.2) is 20.1 Å². The Hall–Kier alpha value is -2.75. The van der Waals surface area contributed by atoms with E-state index in [9.17, 15) is 5.11 Å². The van der Waals surface area contributed by atoms with Crippen molar-refractivity contribution in [1.82, 2.24) is 15.0 Å². The fourth-order valence-corrected chi connectivity index (χ4v) is 1.89. The number of pyridine rings is 3. The predicted octanol–water partition coefficient (Wildman–Crippen LogP) is 2.91. The summed E-state index contributed by atoms with van der Waals surface area (Å²) in [6.07, 6.45) is 5.00. The van der Waals surface area contributed by atoms with Gasteiger partial charge in [0.1, 0.15) is 5.75 Å². The molecule has 0 atom stereocenters. The molecule has 0 aliphatic heterocycles. The molecule has 3 rings (SSSR count). The highest BCUT2D eigenvalue weighted by atomic mass is 16.3. The highest BCUT2D eigenvalue weighted by Crippen LogP contribution is 2.28. The molecule has 1 N–H and O–H groups in total. The highest BCUT2D eigenvalue weighted by Gasteiger charge is 2.10. The Morgan fingerprint density at radius 3 is 2.37 bits per heavy atom. The van der Waals surface area contributed by atoms with Crippen molar-refractivity contribution in [3.8, 4) is 28.4 Å². The van der Waals surface area contributed by atoms with Crippen LogP contribution in [0.25, 0.3) is 22.6 Å². The first-order valence-corrected chi connectivity index (χ1v) is 5.86. The molecule has 4 nitrogen and oxygen atoms in total. The largest absolute Gasteiger partial charge is 0.508 e. The van der Waals surface area contributed by atoms with Crippen molar-refractivity contribution >= 4 is 0 Å². The molecule has 0 fully saturated rings. The lowest BCUT2D eigenvalue weighted by Crippen LogP contribution is -1.92. The van der Waals surface area contributed by atoms with E-state index in [-0.39, 0.29) is 5.75 Å². The second kappa shape index (κ2) is 4.86. The Kier molecular flexibility index (Phi) is 2.90. The van der Waals surface area contributed by atoms with Gasteiger partial charge in [-0.15, -0.1) is 0 Å². The Morgan fingerprint density at radius 1 is 0.737 bits per heavy atom. The first kappa shape index (κ1) is 11.3. The first-order chi connectivity index (χ1) is 9.34. The van der Waals surface area contributed by atoms with Gasteiger partial charge in [0.05, 0.1) is 17.1 Å². The third kappa shape index (κ3) is 2.28. The Bertz CT molecular complexity index is 699. The van der Waals surface area contributed by atoms with E-state index in [1.54, 1.807) is 24.7 Å². The SMILES string of the molecule is Oc1ccnc(-c2ncccc2-c2ccccn2)c1. The van der Waals surface area contributed by atoms with Crippen molar-refractivity contribution < 1.29 is 5.11 Å². The lowest BCUT2D eigenvalue weighted by molar-refractivity contribution is 0.475. The zero-order valence-electron chi connectivity index (χ0n) is 10.1. The average Bonchev–Trinajstić information content (AvgIpc) is 2.48. The molecule has 0 aromatic carbocycles. The van der Waals surface area contributed by atoms with E-state index in [0.717, 1.165) is 11.3 Å². The van der Waals surface area contributed by atoms with Crippen LogP contribution in [0.15, 0.2) is 61.1 Å². The molecule has 0 radical (unpaired) electrons. The molecule has 0 aliphatic carbocycles. The van der Waals surface area contributed by atoms with Crippen molar-refractivity contribution in [2.45, 2.75) is 0 Å². The molecule has 3 heterocycles. The first-order valence-electron chi connectivity index (χ1n) is 5.86. The summed E-state index contributed by atoms with van der Waals surface area (Å²) in [4.78, 5) is 12.9. The van der Waals surface area contributed by atoms with Gasteiger partial charge >= 0.3 is 0 Å². The maximum atomic E-state index is 9.55. The number of aromatic hydroxyl groups is 1. The summed E-state index contributed by atoms with van der Waals surface area (Å²) in [6.45, 7) is 0. The summed E-state index contributed by atoms with van der Waals surface area (Å²) in [5.74, 6) is 0.169. The fourth-order valence-electron chi connectivity index (χ4n) is 1.89. The van der Waals surface area contributed by atoms with Crippen molar-refractivity contribution in [2.75, 3.05) is 0 Å². The van der Waals surface area contributed by atoms with Crippen LogP contribution in [0.5, 0.6) is 5.75 Å². The van der Waals surface area contributed by atoms with Crippen molar-refractivity contribution in [3.63, 3.8) is 0 Å². The van der Waals surface area contributed by atoms with Crippen LogP contribution in [0, 0.1) is 0 Å². The second-order valence-corrected chi connectivity index (χ2v) is 4.01. The smallest absolute Gasteiger partial charge is 0.119 e. The van der Waals surface area contributed by atoms with E-state index >= 15 is 0 Å². The van der Waals surface area contributed by atoms with E-state index in [1.165, 1.54) is 6.07 Å². The fraction of sp³-hybridized carbons (Fsp3) is 0. The summed E-state index contributed by atoms with van der Waals surface area (Å²) < 4.78 is 0. The topological polar surface area (TPSA) is 58.9 Å². The molecule has 3 aromatic heterocycles. The third-order valence-electron chi connectivity index (χ3n) is 2.73. The van der Waals surface area contributed by atoms with E-state index < -0.39 is 0 Å². The van der Waals surface area contributed by atoms with E-state index in [4.69, 9.17) is 0 Å². The van der Waals surface area contributed by atoms with Gasteiger partial charge in [-0.05, 0) is 30.3 Å². The molecule has 92 valence electrons. The number of hydrogen-bond acceptors (Lipinski definition) is 4. The molecule has 0 saturated carbocycles. The van der Waals surface area contributed by atoms with Crippen LogP contribution in [0.2, 0.25) is 0 Å². The van der Waals surface area contributed by atoms with Crippen molar-refractivity contribution in [1.29, 1.82) is 0 Å². The average molecular weight is 249 g/mol. The highest BCUT2D eigenvalue weighted by molar-refractivity contribution is 5.77. The monoisotopic (exact) mass is 249 g/mol. The quantitative estimate of drug-likeness (QED) is 0.758. The van der Waals surface area contributed by atoms with E-state index in [1.807, 2.05) is 30.3 Å². The molecule has 0 saturated heterocycles. The summed E-state index contributed by atoms with van der Waals surface area (Å²) in [6, 6.07) is 12.6. The van der Waals surface area contributed by atoms with Crippen LogP contribution in [0.3, 0.4) is 0 Å². The minimum atomic E-state index is 0.169. The second-order valence-electron chi connectivity index (χ2n) is 4.01. The van der Waals surface area contributed by atoms with Crippen LogP contribution in [0.4, 0.5) is 0 Å². The number of hydrogen-bond donors (Lipinski definition) is 1. The zero-order valence-corrected chi connectivity index (χ0v) is 10.1. The maximum Gasteiger partial charge on any atom is 0.119 e. The van der Waals surface area contributed by atoms with Gasteiger partial charge in [0.2, 0.25) is 0 Å². The Balaban J connectivity index is 2.18. The summed E-state index contributed by atoms with van der Waals surface area (Å²) in [5.41, 5.74) is 3.05. The van der Waals surface area contributed by atoms with Gasteiger partial charge in [-0.25, -0.2) is 0 Å². The summed E-state index contributed by atoms with van der Waals surface area (Å²) in [5, 5.41) is 9.55. The predicted molar refractivity (Wildman–Crippen MR) is 72.4 cm³/mol. The molecule has 0 aliphatic rings. The third-order valence-corrected chi connectivity index (χ3v) is 2.73. The van der Waals surface area contributed by atoms with E-state index in [2.05, 4.69) is 15.0 Å². The van der Waals surface area contributed by atoms with Crippen LogP contribution in [-0.2, 0) is 0 Å². The van der Waals surface area contributed by atoms with Crippen molar-refractivity contribution in [2.24, 2.45) is 0 Å². The van der Waals surface area contributed by atoms with E-state index in [0.29, 0.717) is 11.4 Å². The molecule has 4 heteroatoms. The number of aromatic nitrogens is 3.